The zero-order chi connectivity index (χ0) is 39.6. The third kappa shape index (κ3) is 5.90. The highest BCUT2D eigenvalue weighted by atomic mass is 32.1. The molecule has 60 heavy (non-hydrogen) atoms. The van der Waals surface area contributed by atoms with Crippen molar-refractivity contribution in [1.29, 1.82) is 0 Å². The van der Waals surface area contributed by atoms with Crippen molar-refractivity contribution in [2.45, 2.75) is 0 Å². The Balaban J connectivity index is 0.985. The van der Waals surface area contributed by atoms with Gasteiger partial charge in [-0.1, -0.05) is 164 Å². The molecule has 0 unspecified atom stereocenters. The van der Waals surface area contributed by atoms with Gasteiger partial charge in [0.05, 0.1) is 27.3 Å². The van der Waals surface area contributed by atoms with Gasteiger partial charge in [-0.05, 0) is 58.7 Å². The van der Waals surface area contributed by atoms with Crippen LogP contribution in [0.1, 0.15) is 0 Å². The van der Waals surface area contributed by atoms with Crippen molar-refractivity contribution in [1.82, 2.24) is 15.0 Å². The predicted molar refractivity (Wildman–Crippen MR) is 256 cm³/mol. The third-order valence-corrected chi connectivity index (χ3v) is 13.8. The third-order valence-electron chi connectivity index (χ3n) is 11.5. The van der Waals surface area contributed by atoms with Gasteiger partial charge in [0.15, 0.2) is 5.82 Å². The maximum absolute atomic E-state index is 5.42. The van der Waals surface area contributed by atoms with E-state index in [1.165, 1.54) is 62.4 Å². The fourth-order valence-electron chi connectivity index (χ4n) is 8.61. The molecule has 0 fully saturated rings. The van der Waals surface area contributed by atoms with Gasteiger partial charge >= 0.3 is 0 Å². The molecule has 0 radical (unpaired) electrons. The fourth-order valence-corrected chi connectivity index (χ4v) is 11.0. The largest absolute Gasteiger partial charge is 0.246 e. The highest BCUT2D eigenvalue weighted by Gasteiger charge is 2.18. The molecule has 12 aromatic rings. The molecule has 0 N–H and O–H groups in total. The smallest absolute Gasteiger partial charge is 0.160 e. The summed E-state index contributed by atoms with van der Waals surface area (Å²) in [5.41, 5.74) is 12.6. The van der Waals surface area contributed by atoms with E-state index in [4.69, 9.17) is 15.0 Å². The SMILES string of the molecule is c1ccc(-c2ccc3c(c2)nc(-c2ccc(-c4cc(-c5cccc(-c6cccc7sc8ccccc8c67)c5)nc(-c5ccccc5)n4)cc2)c2sc4ccccc4c23)cc1. The summed E-state index contributed by atoms with van der Waals surface area (Å²) in [4.78, 5) is 15.8. The number of thiophene rings is 2. The fraction of sp³-hybridized carbons (Fsp3) is 0. The molecule has 0 saturated heterocycles. The topological polar surface area (TPSA) is 38.7 Å². The van der Waals surface area contributed by atoms with E-state index in [0.717, 1.165) is 50.4 Å². The van der Waals surface area contributed by atoms with Crippen LogP contribution >= 0.6 is 22.7 Å². The molecule has 4 aromatic heterocycles. The molecule has 0 amide bonds. The van der Waals surface area contributed by atoms with Crippen LogP contribution in [-0.4, -0.2) is 15.0 Å². The number of fused-ring (bicyclic) bond motifs is 8. The van der Waals surface area contributed by atoms with Crippen molar-refractivity contribution >= 4 is 73.9 Å². The van der Waals surface area contributed by atoms with Crippen LogP contribution < -0.4 is 0 Å². The molecule has 280 valence electrons. The standard InChI is InChI=1S/C55H33N3S2/c1-3-13-34(14-4-1)38-29-30-42-47(32-38)56-53(54-52(42)44-20-8-10-23-49(44)60-54)36-27-25-35(26-28-36)45-33-46(58-55(57-45)37-15-5-2-6-16-37)40-18-11-17-39(31-40)41-21-12-24-50-51(41)43-19-7-9-22-48(43)59-50/h1-33H. The van der Waals surface area contributed by atoms with E-state index in [0.29, 0.717) is 5.82 Å². The van der Waals surface area contributed by atoms with Crippen LogP contribution in [0.25, 0.3) is 119 Å². The first-order valence-corrected chi connectivity index (χ1v) is 21.7. The molecule has 0 bridgehead atoms. The second-order valence-electron chi connectivity index (χ2n) is 15.1. The summed E-state index contributed by atoms with van der Waals surface area (Å²) in [6.07, 6.45) is 0. The van der Waals surface area contributed by atoms with Gasteiger partial charge in [0.2, 0.25) is 0 Å². The Labute approximate surface area is 354 Å². The summed E-state index contributed by atoms with van der Waals surface area (Å²) in [5, 5.41) is 6.30. The van der Waals surface area contributed by atoms with Crippen molar-refractivity contribution in [3.63, 3.8) is 0 Å². The maximum Gasteiger partial charge on any atom is 0.160 e. The molecule has 3 nitrogen and oxygen atoms in total. The first kappa shape index (κ1) is 34.7. The lowest BCUT2D eigenvalue weighted by Crippen LogP contribution is -1.96. The van der Waals surface area contributed by atoms with Crippen LogP contribution in [0.4, 0.5) is 0 Å². The van der Waals surface area contributed by atoms with E-state index in [1.54, 1.807) is 0 Å². The van der Waals surface area contributed by atoms with E-state index in [9.17, 15) is 0 Å². The molecule has 0 saturated carbocycles. The molecule has 0 spiro atoms. The molecule has 0 aliphatic carbocycles. The Kier molecular flexibility index (Phi) is 8.22. The second kappa shape index (κ2) is 14.2. The average molecular weight is 800 g/mol. The summed E-state index contributed by atoms with van der Waals surface area (Å²) in [7, 11) is 0. The number of benzene rings is 8. The van der Waals surface area contributed by atoms with Gasteiger partial charge in [-0.15, -0.1) is 22.7 Å². The lowest BCUT2D eigenvalue weighted by Gasteiger charge is -2.12. The van der Waals surface area contributed by atoms with Gasteiger partial charge in [-0.25, -0.2) is 15.0 Å². The van der Waals surface area contributed by atoms with E-state index < -0.39 is 0 Å². The Morgan fingerprint density at radius 3 is 1.68 bits per heavy atom. The van der Waals surface area contributed by atoms with Crippen molar-refractivity contribution in [3.05, 3.63) is 200 Å². The number of aromatic nitrogens is 3. The van der Waals surface area contributed by atoms with Crippen molar-refractivity contribution < 1.29 is 0 Å². The van der Waals surface area contributed by atoms with Crippen LogP contribution in [0.5, 0.6) is 0 Å². The quantitative estimate of drug-likeness (QED) is 0.168. The second-order valence-corrected chi connectivity index (χ2v) is 17.3. The minimum absolute atomic E-state index is 0.695. The normalized spacial score (nSPS) is 11.7. The number of hydrogen-bond acceptors (Lipinski definition) is 5. The predicted octanol–water partition coefficient (Wildman–Crippen LogP) is 15.8. The van der Waals surface area contributed by atoms with Crippen LogP contribution in [-0.2, 0) is 0 Å². The van der Waals surface area contributed by atoms with Crippen molar-refractivity contribution in [2.75, 3.05) is 0 Å². The zero-order valence-electron chi connectivity index (χ0n) is 32.2. The van der Waals surface area contributed by atoms with Gasteiger partial charge in [0.1, 0.15) is 0 Å². The molecule has 12 rings (SSSR count). The van der Waals surface area contributed by atoms with E-state index in [1.807, 2.05) is 40.9 Å². The summed E-state index contributed by atoms with van der Waals surface area (Å²) in [6.45, 7) is 0. The average Bonchev–Trinajstić information content (AvgIpc) is 3.91. The first-order chi connectivity index (χ1) is 29.7. The van der Waals surface area contributed by atoms with Crippen molar-refractivity contribution in [3.8, 4) is 67.4 Å². The number of pyridine rings is 1. The van der Waals surface area contributed by atoms with Crippen LogP contribution in [0.3, 0.4) is 0 Å². The van der Waals surface area contributed by atoms with Crippen molar-refractivity contribution in [2.24, 2.45) is 0 Å². The maximum atomic E-state index is 5.42. The number of rotatable bonds is 6. The van der Waals surface area contributed by atoms with E-state index >= 15 is 0 Å². The van der Waals surface area contributed by atoms with Crippen LogP contribution in [0.15, 0.2) is 200 Å². The monoisotopic (exact) mass is 799 g/mol. The molecule has 0 atom stereocenters. The molecule has 4 heterocycles. The Morgan fingerprint density at radius 1 is 0.317 bits per heavy atom. The first-order valence-electron chi connectivity index (χ1n) is 20.1. The zero-order valence-corrected chi connectivity index (χ0v) is 33.8. The minimum atomic E-state index is 0.695. The molecule has 0 aliphatic heterocycles. The Hall–Kier alpha value is -7.31. The van der Waals surface area contributed by atoms with Crippen LogP contribution in [0.2, 0.25) is 0 Å². The van der Waals surface area contributed by atoms with Crippen LogP contribution in [0, 0.1) is 0 Å². The Bertz CT molecular complexity index is 3590. The molecule has 8 aromatic carbocycles. The molecule has 5 heteroatoms. The number of nitrogens with zero attached hydrogens (tertiary/aromatic N) is 3. The molecular weight excluding hydrogens is 767 g/mol. The van der Waals surface area contributed by atoms with Gasteiger partial charge in [-0.2, -0.15) is 0 Å². The molecule has 0 aliphatic rings. The van der Waals surface area contributed by atoms with Gasteiger partial charge in [0.25, 0.3) is 0 Å². The van der Waals surface area contributed by atoms with E-state index in [-0.39, 0.29) is 0 Å². The lowest BCUT2D eigenvalue weighted by atomic mass is 9.96. The summed E-state index contributed by atoms with van der Waals surface area (Å²) in [5.74, 6) is 0.695. The van der Waals surface area contributed by atoms with Gasteiger partial charge < -0.3 is 0 Å². The highest BCUT2D eigenvalue weighted by Crippen LogP contribution is 2.44. The summed E-state index contributed by atoms with van der Waals surface area (Å²) in [6, 6.07) is 71.2. The molecular formula is C55H33N3S2. The summed E-state index contributed by atoms with van der Waals surface area (Å²) >= 11 is 3.66. The Morgan fingerprint density at radius 2 is 0.900 bits per heavy atom. The van der Waals surface area contributed by atoms with Gasteiger partial charge in [-0.3, -0.25) is 0 Å². The number of hydrogen-bond donors (Lipinski definition) is 0. The highest BCUT2D eigenvalue weighted by molar-refractivity contribution is 7.26. The minimum Gasteiger partial charge on any atom is -0.246 e. The van der Waals surface area contributed by atoms with Gasteiger partial charge in [0, 0.05) is 63.3 Å². The summed E-state index contributed by atoms with van der Waals surface area (Å²) < 4.78 is 5.06. The van der Waals surface area contributed by atoms with E-state index in [2.05, 4.69) is 182 Å². The lowest BCUT2D eigenvalue weighted by molar-refractivity contribution is 1.18.